The normalized spacial score (nSPS) is 31.0. The molecule has 15 heavy (non-hydrogen) atoms. The van der Waals surface area contributed by atoms with Crippen LogP contribution < -0.4 is 5.32 Å². The smallest absolute Gasteiger partial charge is 0.0931 e. The summed E-state index contributed by atoms with van der Waals surface area (Å²) in [6.45, 7) is 6.03. The zero-order valence-corrected chi connectivity index (χ0v) is 10.2. The Kier molecular flexibility index (Phi) is 2.73. The van der Waals surface area contributed by atoms with Crippen molar-refractivity contribution in [2.24, 2.45) is 11.8 Å². The van der Waals surface area contributed by atoms with Crippen LogP contribution in [0.25, 0.3) is 0 Å². The molecule has 4 heteroatoms. The van der Waals surface area contributed by atoms with E-state index in [1.807, 2.05) is 6.07 Å². The van der Waals surface area contributed by atoms with Gasteiger partial charge in [-0.15, -0.1) is 11.3 Å². The summed E-state index contributed by atoms with van der Waals surface area (Å²) >= 11 is 7.64. The summed E-state index contributed by atoms with van der Waals surface area (Å²) in [6, 6.07) is 4.15. The van der Waals surface area contributed by atoms with Gasteiger partial charge in [0.05, 0.1) is 4.34 Å². The Bertz CT molecular complexity index is 340. The van der Waals surface area contributed by atoms with Crippen LogP contribution in [0.15, 0.2) is 12.1 Å². The van der Waals surface area contributed by atoms with Gasteiger partial charge < -0.3 is 5.32 Å². The van der Waals surface area contributed by atoms with Gasteiger partial charge in [0.1, 0.15) is 0 Å². The van der Waals surface area contributed by atoms with E-state index >= 15 is 0 Å². The van der Waals surface area contributed by atoms with Crippen LogP contribution >= 0.6 is 22.9 Å². The summed E-state index contributed by atoms with van der Waals surface area (Å²) in [7, 11) is 0. The molecule has 0 aromatic carbocycles. The highest BCUT2D eigenvalue weighted by atomic mass is 35.5. The third kappa shape index (κ3) is 2.07. The zero-order valence-electron chi connectivity index (χ0n) is 8.58. The third-order valence-electron chi connectivity index (χ3n) is 3.47. The molecule has 0 unspecified atom stereocenters. The fourth-order valence-electron chi connectivity index (χ4n) is 2.74. The molecule has 0 bridgehead atoms. The fraction of sp³-hybridized carbons (Fsp3) is 0.636. The van der Waals surface area contributed by atoms with Crippen LogP contribution in [0.3, 0.4) is 0 Å². The Hall–Kier alpha value is -0.0900. The van der Waals surface area contributed by atoms with Crippen molar-refractivity contribution in [3.05, 3.63) is 21.3 Å². The van der Waals surface area contributed by atoms with E-state index in [1.165, 1.54) is 31.1 Å². The number of halogens is 1. The van der Waals surface area contributed by atoms with Gasteiger partial charge >= 0.3 is 0 Å². The maximum atomic E-state index is 5.93. The highest BCUT2D eigenvalue weighted by Gasteiger charge is 2.35. The summed E-state index contributed by atoms with van der Waals surface area (Å²) in [5.41, 5.74) is 0. The van der Waals surface area contributed by atoms with E-state index in [0.29, 0.717) is 0 Å². The molecule has 0 spiro atoms. The van der Waals surface area contributed by atoms with E-state index in [4.69, 9.17) is 11.6 Å². The summed E-state index contributed by atoms with van der Waals surface area (Å²) < 4.78 is 0.908. The highest BCUT2D eigenvalue weighted by molar-refractivity contribution is 7.16. The van der Waals surface area contributed by atoms with Gasteiger partial charge in [0.15, 0.2) is 0 Å². The van der Waals surface area contributed by atoms with Crippen molar-refractivity contribution >= 4 is 22.9 Å². The first kappa shape index (κ1) is 10.1. The van der Waals surface area contributed by atoms with Gasteiger partial charge in [0.25, 0.3) is 0 Å². The zero-order chi connectivity index (χ0) is 10.3. The molecule has 2 aliphatic heterocycles. The lowest BCUT2D eigenvalue weighted by Gasteiger charge is -2.15. The van der Waals surface area contributed by atoms with Crippen LogP contribution in [0.1, 0.15) is 4.88 Å². The minimum atomic E-state index is 0.889. The van der Waals surface area contributed by atoms with Crippen molar-refractivity contribution < 1.29 is 0 Å². The lowest BCUT2D eigenvalue weighted by molar-refractivity contribution is 0.308. The maximum absolute atomic E-state index is 5.93. The van der Waals surface area contributed by atoms with Crippen LogP contribution in [0.5, 0.6) is 0 Å². The number of hydrogen-bond donors (Lipinski definition) is 1. The Balaban J connectivity index is 1.61. The molecule has 0 aliphatic carbocycles. The monoisotopic (exact) mass is 242 g/mol. The molecule has 2 saturated heterocycles. The summed E-state index contributed by atoms with van der Waals surface area (Å²) in [6.07, 6.45) is 0. The molecule has 2 aliphatic rings. The molecule has 2 nitrogen and oxygen atoms in total. The highest BCUT2D eigenvalue weighted by Crippen LogP contribution is 2.29. The molecular weight excluding hydrogens is 228 g/mol. The lowest BCUT2D eigenvalue weighted by atomic mass is 10.0. The number of nitrogens with zero attached hydrogens (tertiary/aromatic N) is 1. The maximum Gasteiger partial charge on any atom is 0.0931 e. The molecule has 1 N–H and O–H groups in total. The number of thiophene rings is 1. The van der Waals surface area contributed by atoms with Crippen molar-refractivity contribution in [2.45, 2.75) is 6.54 Å². The Morgan fingerprint density at radius 2 is 2.07 bits per heavy atom. The van der Waals surface area contributed by atoms with Gasteiger partial charge in [0.2, 0.25) is 0 Å². The number of fused-ring (bicyclic) bond motifs is 1. The van der Waals surface area contributed by atoms with Crippen LogP contribution in [-0.2, 0) is 6.54 Å². The summed E-state index contributed by atoms with van der Waals surface area (Å²) in [5, 5.41) is 3.47. The first-order chi connectivity index (χ1) is 7.31. The molecule has 1 aromatic rings. The molecule has 2 atom stereocenters. The van der Waals surface area contributed by atoms with Crippen molar-refractivity contribution in [1.29, 1.82) is 0 Å². The molecule has 2 fully saturated rings. The molecular formula is C11H15ClN2S. The molecule has 3 heterocycles. The Morgan fingerprint density at radius 3 is 2.67 bits per heavy atom. The van der Waals surface area contributed by atoms with Crippen molar-refractivity contribution in [3.63, 3.8) is 0 Å². The van der Waals surface area contributed by atoms with Gasteiger partial charge in [-0.2, -0.15) is 0 Å². The van der Waals surface area contributed by atoms with Gasteiger partial charge in [-0.05, 0) is 37.1 Å². The van der Waals surface area contributed by atoms with Crippen molar-refractivity contribution in [3.8, 4) is 0 Å². The van der Waals surface area contributed by atoms with E-state index < -0.39 is 0 Å². The molecule has 0 radical (unpaired) electrons. The Morgan fingerprint density at radius 1 is 1.33 bits per heavy atom. The van der Waals surface area contributed by atoms with Crippen LogP contribution in [0, 0.1) is 11.8 Å². The second-order valence-electron chi connectivity index (χ2n) is 4.58. The van der Waals surface area contributed by atoms with Gasteiger partial charge in [-0.1, -0.05) is 11.6 Å². The summed E-state index contributed by atoms with van der Waals surface area (Å²) in [4.78, 5) is 3.96. The Labute approximate surface area is 99.2 Å². The van der Waals surface area contributed by atoms with E-state index in [1.54, 1.807) is 11.3 Å². The third-order valence-corrected chi connectivity index (χ3v) is 4.69. The van der Waals surface area contributed by atoms with Crippen LogP contribution in [0.4, 0.5) is 0 Å². The van der Waals surface area contributed by atoms with Gasteiger partial charge in [-0.25, -0.2) is 0 Å². The molecule has 0 amide bonds. The average Bonchev–Trinajstić information content (AvgIpc) is 2.81. The second-order valence-corrected chi connectivity index (χ2v) is 6.38. The van der Waals surface area contributed by atoms with E-state index in [9.17, 15) is 0 Å². The van der Waals surface area contributed by atoms with Crippen LogP contribution in [-0.4, -0.2) is 31.1 Å². The number of likely N-dealkylation sites (tertiary alicyclic amines) is 1. The summed E-state index contributed by atoms with van der Waals surface area (Å²) in [5.74, 6) is 1.78. The van der Waals surface area contributed by atoms with E-state index in [0.717, 1.165) is 22.7 Å². The molecule has 0 saturated carbocycles. The van der Waals surface area contributed by atoms with E-state index in [-0.39, 0.29) is 0 Å². The van der Waals surface area contributed by atoms with Crippen LogP contribution in [0.2, 0.25) is 4.34 Å². The van der Waals surface area contributed by atoms with Crippen molar-refractivity contribution in [2.75, 3.05) is 26.2 Å². The topological polar surface area (TPSA) is 15.3 Å². The minimum Gasteiger partial charge on any atom is -0.316 e. The lowest BCUT2D eigenvalue weighted by Crippen LogP contribution is -2.24. The fourth-order valence-corrected chi connectivity index (χ4v) is 3.87. The van der Waals surface area contributed by atoms with Gasteiger partial charge in [0, 0.05) is 24.5 Å². The number of nitrogens with one attached hydrogen (secondary N) is 1. The average molecular weight is 243 g/mol. The second kappa shape index (κ2) is 4.06. The molecule has 3 rings (SSSR count). The first-order valence-corrected chi connectivity index (χ1v) is 6.68. The van der Waals surface area contributed by atoms with E-state index in [2.05, 4.69) is 16.3 Å². The first-order valence-electron chi connectivity index (χ1n) is 5.48. The predicted octanol–water partition coefficient (Wildman–Crippen LogP) is 2.05. The van der Waals surface area contributed by atoms with Gasteiger partial charge in [-0.3, -0.25) is 4.90 Å². The number of hydrogen-bond acceptors (Lipinski definition) is 3. The quantitative estimate of drug-likeness (QED) is 0.854. The van der Waals surface area contributed by atoms with Crippen molar-refractivity contribution in [1.82, 2.24) is 10.2 Å². The minimum absolute atomic E-state index is 0.889. The molecule has 82 valence electrons. The predicted molar refractivity (Wildman–Crippen MR) is 64.5 cm³/mol. The standard InChI is InChI=1S/C11H15ClN2S/c12-11-2-1-10(15-11)7-14-5-8-3-13-4-9(8)6-14/h1-2,8-9,13H,3-7H2/t8-,9+. The SMILES string of the molecule is Clc1ccc(CN2C[C@H]3CNC[C@H]3C2)s1. The number of rotatable bonds is 2. The largest absolute Gasteiger partial charge is 0.316 e. The molecule has 1 aromatic heterocycles.